The van der Waals surface area contributed by atoms with Crippen molar-refractivity contribution < 1.29 is 0 Å². The first-order valence-electron chi connectivity index (χ1n) is 8.67. The van der Waals surface area contributed by atoms with E-state index in [-0.39, 0.29) is 0 Å². The second kappa shape index (κ2) is 8.98. The maximum Gasteiger partial charge on any atom is 0.0110 e. The van der Waals surface area contributed by atoms with Crippen LogP contribution in [0.3, 0.4) is 0 Å². The number of nitrogens with zero attached hydrogens (tertiary/aromatic N) is 2. The fraction of sp³-hybridized carbons (Fsp3) is 1.00. The van der Waals surface area contributed by atoms with Crippen molar-refractivity contribution in [1.29, 1.82) is 0 Å². The van der Waals surface area contributed by atoms with Crippen LogP contribution in [0.2, 0.25) is 0 Å². The molecule has 0 bridgehead atoms. The van der Waals surface area contributed by atoms with Crippen LogP contribution in [0.5, 0.6) is 0 Å². The van der Waals surface area contributed by atoms with E-state index in [0.29, 0.717) is 0 Å². The number of hydrogen-bond donors (Lipinski definition) is 2. The molecule has 2 N–H and O–H groups in total. The van der Waals surface area contributed by atoms with Gasteiger partial charge >= 0.3 is 0 Å². The zero-order chi connectivity index (χ0) is 14.2. The molecule has 4 nitrogen and oxygen atoms in total. The molecule has 118 valence electrons. The van der Waals surface area contributed by atoms with Crippen LogP contribution >= 0.6 is 0 Å². The lowest BCUT2D eigenvalue weighted by molar-refractivity contribution is 0.264. The highest BCUT2D eigenvalue weighted by Crippen LogP contribution is 2.15. The fourth-order valence-electron chi connectivity index (χ4n) is 3.52. The molecule has 0 aromatic carbocycles. The quantitative estimate of drug-likeness (QED) is 0.621. The molecule has 2 fully saturated rings. The van der Waals surface area contributed by atoms with Crippen LogP contribution in [0, 0.1) is 0 Å². The van der Waals surface area contributed by atoms with E-state index in [1.807, 2.05) is 0 Å². The van der Waals surface area contributed by atoms with Gasteiger partial charge in [0.2, 0.25) is 0 Å². The minimum absolute atomic E-state index is 0.803. The van der Waals surface area contributed by atoms with Crippen molar-refractivity contribution in [1.82, 2.24) is 20.4 Å². The summed E-state index contributed by atoms with van der Waals surface area (Å²) in [6, 6.07) is 1.61. The highest BCUT2D eigenvalue weighted by atomic mass is 15.2. The van der Waals surface area contributed by atoms with Crippen LogP contribution in [0.25, 0.3) is 0 Å². The smallest absolute Gasteiger partial charge is 0.0110 e. The molecule has 4 heteroatoms. The summed E-state index contributed by atoms with van der Waals surface area (Å²) < 4.78 is 0. The predicted octanol–water partition coefficient (Wildman–Crippen LogP) is 1.13. The largest absolute Gasteiger partial charge is 0.314 e. The van der Waals surface area contributed by atoms with Crippen molar-refractivity contribution in [2.24, 2.45) is 0 Å². The van der Waals surface area contributed by atoms with Gasteiger partial charge in [0.25, 0.3) is 0 Å². The molecule has 0 spiro atoms. The second-order valence-corrected chi connectivity index (χ2v) is 6.55. The first kappa shape index (κ1) is 16.2. The molecular weight excluding hydrogens is 248 g/mol. The molecule has 0 aliphatic carbocycles. The molecule has 0 aromatic heterocycles. The van der Waals surface area contributed by atoms with Crippen molar-refractivity contribution in [2.45, 2.75) is 51.6 Å². The van der Waals surface area contributed by atoms with Crippen LogP contribution in [0.15, 0.2) is 0 Å². The fourth-order valence-corrected chi connectivity index (χ4v) is 3.52. The topological polar surface area (TPSA) is 30.5 Å². The van der Waals surface area contributed by atoms with Crippen LogP contribution in [-0.4, -0.2) is 74.2 Å². The van der Waals surface area contributed by atoms with Gasteiger partial charge in [-0.1, -0.05) is 0 Å². The van der Waals surface area contributed by atoms with Crippen molar-refractivity contribution in [2.75, 3.05) is 52.4 Å². The molecule has 2 aliphatic heterocycles. The lowest BCUT2D eigenvalue weighted by Crippen LogP contribution is -2.38. The van der Waals surface area contributed by atoms with Gasteiger partial charge in [-0.25, -0.2) is 0 Å². The Kier molecular flexibility index (Phi) is 7.28. The van der Waals surface area contributed by atoms with Gasteiger partial charge in [0.1, 0.15) is 0 Å². The Labute approximate surface area is 125 Å². The lowest BCUT2D eigenvalue weighted by Gasteiger charge is -2.21. The number of rotatable bonds is 9. The number of likely N-dealkylation sites (tertiary alicyclic amines) is 2. The molecule has 2 unspecified atom stereocenters. The van der Waals surface area contributed by atoms with E-state index in [9.17, 15) is 0 Å². The van der Waals surface area contributed by atoms with E-state index < -0.39 is 0 Å². The average Bonchev–Trinajstić information content (AvgIpc) is 3.02. The Morgan fingerprint density at radius 1 is 0.750 bits per heavy atom. The zero-order valence-electron chi connectivity index (χ0n) is 13.5. The van der Waals surface area contributed by atoms with Crippen molar-refractivity contribution >= 4 is 0 Å². The Morgan fingerprint density at radius 3 is 1.55 bits per heavy atom. The number of hydrogen-bond acceptors (Lipinski definition) is 4. The normalized spacial score (nSPS) is 28.5. The van der Waals surface area contributed by atoms with E-state index in [1.165, 1.54) is 51.9 Å². The summed E-state index contributed by atoms with van der Waals surface area (Å²) in [6.45, 7) is 14.2. The molecule has 20 heavy (non-hydrogen) atoms. The summed E-state index contributed by atoms with van der Waals surface area (Å²) in [4.78, 5) is 5.21. The molecule has 0 aromatic rings. The van der Waals surface area contributed by atoms with E-state index in [2.05, 4.69) is 34.3 Å². The van der Waals surface area contributed by atoms with Gasteiger partial charge in [0, 0.05) is 51.4 Å². The van der Waals surface area contributed by atoms with Crippen LogP contribution in [0.4, 0.5) is 0 Å². The summed E-state index contributed by atoms with van der Waals surface area (Å²) in [5.74, 6) is 0. The maximum absolute atomic E-state index is 3.55. The van der Waals surface area contributed by atoms with Crippen molar-refractivity contribution in [3.8, 4) is 0 Å². The molecule has 2 heterocycles. The molecule has 2 rings (SSSR count). The van der Waals surface area contributed by atoms with Crippen molar-refractivity contribution in [3.05, 3.63) is 0 Å². The Balaban J connectivity index is 1.37. The standard InChI is InChI=1S/C16H34N4/c1-15-5-3-11-19(15)13-9-17-7-8-18-10-14-20-12-4-6-16(20)2/h15-18H,3-14H2,1-2H3. The second-order valence-electron chi connectivity index (χ2n) is 6.55. The third kappa shape index (κ3) is 5.32. The molecule has 2 aliphatic rings. The van der Waals surface area contributed by atoms with E-state index >= 15 is 0 Å². The zero-order valence-corrected chi connectivity index (χ0v) is 13.5. The first-order valence-corrected chi connectivity index (χ1v) is 8.67. The molecule has 0 radical (unpaired) electrons. The van der Waals surface area contributed by atoms with Gasteiger partial charge in [-0.2, -0.15) is 0 Å². The lowest BCUT2D eigenvalue weighted by atomic mass is 10.2. The summed E-state index contributed by atoms with van der Waals surface area (Å²) in [6.07, 6.45) is 5.54. The van der Waals surface area contributed by atoms with Gasteiger partial charge in [-0.05, 0) is 52.6 Å². The molecular formula is C16H34N4. The van der Waals surface area contributed by atoms with Gasteiger partial charge in [0.05, 0.1) is 0 Å². The average molecular weight is 282 g/mol. The van der Waals surface area contributed by atoms with Crippen molar-refractivity contribution in [3.63, 3.8) is 0 Å². The Bertz CT molecular complexity index is 233. The Morgan fingerprint density at radius 2 is 1.20 bits per heavy atom. The summed E-state index contributed by atoms with van der Waals surface area (Å²) in [7, 11) is 0. The van der Waals surface area contributed by atoms with Gasteiger partial charge < -0.3 is 10.6 Å². The minimum Gasteiger partial charge on any atom is -0.314 e. The van der Waals surface area contributed by atoms with Gasteiger partial charge in [0.15, 0.2) is 0 Å². The SMILES string of the molecule is CC1CCCN1CCNCCNCCN1CCCC1C. The molecule has 0 amide bonds. The van der Waals surface area contributed by atoms with Gasteiger partial charge in [-0.15, -0.1) is 0 Å². The highest BCUT2D eigenvalue weighted by Gasteiger charge is 2.19. The molecule has 0 saturated carbocycles. The van der Waals surface area contributed by atoms with Gasteiger partial charge in [-0.3, -0.25) is 9.80 Å². The maximum atomic E-state index is 3.55. The molecule has 2 atom stereocenters. The monoisotopic (exact) mass is 282 g/mol. The van der Waals surface area contributed by atoms with Crippen LogP contribution < -0.4 is 10.6 Å². The van der Waals surface area contributed by atoms with Crippen LogP contribution in [-0.2, 0) is 0 Å². The summed E-state index contributed by atoms with van der Waals surface area (Å²) in [5.41, 5.74) is 0. The highest BCUT2D eigenvalue weighted by molar-refractivity contribution is 4.76. The molecule has 2 saturated heterocycles. The van der Waals surface area contributed by atoms with E-state index in [4.69, 9.17) is 0 Å². The minimum atomic E-state index is 0.803. The van der Waals surface area contributed by atoms with Crippen LogP contribution in [0.1, 0.15) is 39.5 Å². The Hall–Kier alpha value is -0.160. The summed E-state index contributed by atoms with van der Waals surface area (Å²) >= 11 is 0. The van der Waals surface area contributed by atoms with E-state index in [0.717, 1.165) is 38.3 Å². The third-order valence-corrected chi connectivity index (χ3v) is 5.01. The summed E-state index contributed by atoms with van der Waals surface area (Å²) in [5, 5.41) is 7.10. The first-order chi connectivity index (χ1) is 9.77. The van der Waals surface area contributed by atoms with E-state index in [1.54, 1.807) is 0 Å². The third-order valence-electron chi connectivity index (χ3n) is 5.01. The number of nitrogens with one attached hydrogen (secondary N) is 2. The predicted molar refractivity (Wildman–Crippen MR) is 86.3 cm³/mol.